The quantitative estimate of drug-likeness (QED) is 0.421. The highest BCUT2D eigenvalue weighted by molar-refractivity contribution is 9.10. The van der Waals surface area contributed by atoms with Gasteiger partial charge in [-0.15, -0.1) is 0 Å². The van der Waals surface area contributed by atoms with Gasteiger partial charge in [0.15, 0.2) is 0 Å². The predicted octanol–water partition coefficient (Wildman–Crippen LogP) is 2.31. The molecule has 0 heterocycles. The summed E-state index contributed by atoms with van der Waals surface area (Å²) in [4.78, 5) is 12.3. The lowest BCUT2D eigenvalue weighted by molar-refractivity contribution is -0.127. The number of anilines is 1. The van der Waals surface area contributed by atoms with Crippen molar-refractivity contribution < 1.29 is 9.90 Å². The Bertz CT molecular complexity index is 489. The number of rotatable bonds is 5. The highest BCUT2D eigenvalue weighted by atomic mass is 79.9. The molecule has 0 saturated heterocycles. The average Bonchev–Trinajstić information content (AvgIpc) is 2.54. The van der Waals surface area contributed by atoms with Crippen LogP contribution >= 0.6 is 15.9 Å². The molecule has 1 unspecified atom stereocenters. The molecular weight excluding hydrogens is 346 g/mol. The van der Waals surface area contributed by atoms with Gasteiger partial charge >= 0.3 is 0 Å². The van der Waals surface area contributed by atoms with Crippen LogP contribution in [0.4, 0.5) is 5.69 Å². The van der Waals surface area contributed by atoms with E-state index in [1.54, 1.807) is 24.3 Å². The van der Waals surface area contributed by atoms with Crippen molar-refractivity contribution in [2.24, 2.45) is 17.5 Å². The third-order valence-electron chi connectivity index (χ3n) is 4.33. The Morgan fingerprint density at radius 1 is 1.27 bits per heavy atom. The normalized spacial score (nSPS) is 18.7. The summed E-state index contributed by atoms with van der Waals surface area (Å²) >= 11 is 3.33. The minimum atomic E-state index is -1.27. The van der Waals surface area contributed by atoms with Crippen LogP contribution in [0, 0.1) is 5.92 Å². The largest absolute Gasteiger partial charge is 0.382 e. The van der Waals surface area contributed by atoms with Crippen molar-refractivity contribution in [3.63, 3.8) is 0 Å². The van der Waals surface area contributed by atoms with Gasteiger partial charge in [-0.3, -0.25) is 4.79 Å². The van der Waals surface area contributed by atoms with E-state index in [4.69, 9.17) is 11.6 Å². The van der Waals surface area contributed by atoms with E-state index in [-0.39, 0.29) is 0 Å². The molecule has 0 bridgehead atoms. The number of benzene rings is 1. The number of hydrogen-bond acceptors (Lipinski definition) is 4. The second-order valence-electron chi connectivity index (χ2n) is 6.03. The number of halogens is 1. The molecule has 6 heteroatoms. The Morgan fingerprint density at radius 3 is 2.45 bits per heavy atom. The van der Waals surface area contributed by atoms with Crippen molar-refractivity contribution in [1.82, 2.24) is 0 Å². The Balaban J connectivity index is 1.93. The van der Waals surface area contributed by atoms with Gasteiger partial charge < -0.3 is 10.8 Å². The molecule has 2 rings (SSSR count). The van der Waals surface area contributed by atoms with E-state index >= 15 is 0 Å². The van der Waals surface area contributed by atoms with E-state index in [0.717, 1.165) is 22.3 Å². The Labute approximate surface area is 139 Å². The summed E-state index contributed by atoms with van der Waals surface area (Å²) in [6.07, 6.45) is 5.36. The van der Waals surface area contributed by atoms with Crippen molar-refractivity contribution in [3.8, 4) is 0 Å². The van der Waals surface area contributed by atoms with Gasteiger partial charge in [-0.1, -0.05) is 48.0 Å². The van der Waals surface area contributed by atoms with E-state index < -0.39 is 18.1 Å². The maximum Gasteiger partial charge on any atom is 0.271 e. The first-order valence-electron chi connectivity index (χ1n) is 7.77. The first kappa shape index (κ1) is 17.4. The van der Waals surface area contributed by atoms with Crippen molar-refractivity contribution in [1.29, 1.82) is 0 Å². The first-order chi connectivity index (χ1) is 10.5. The standard InChI is InChI=1S/C16H24BrN3O2/c17-12-6-8-13(9-7-12)20(19)16(22)15(21)14(18)10-11-4-2-1-3-5-11/h6-9,11,14-15,21H,1-5,10,18-19H2/t14-,15?/m1/s1. The van der Waals surface area contributed by atoms with Crippen LogP contribution in [0.1, 0.15) is 38.5 Å². The molecule has 1 aliphatic rings. The molecule has 5 N–H and O–H groups in total. The molecule has 122 valence electrons. The lowest BCUT2D eigenvalue weighted by atomic mass is 9.84. The van der Waals surface area contributed by atoms with Crippen LogP contribution in [0.2, 0.25) is 0 Å². The molecule has 0 radical (unpaired) electrons. The summed E-state index contributed by atoms with van der Waals surface area (Å²) in [5.41, 5.74) is 6.55. The smallest absolute Gasteiger partial charge is 0.271 e. The molecule has 1 fully saturated rings. The van der Waals surface area contributed by atoms with Crippen LogP contribution in [0.25, 0.3) is 0 Å². The Kier molecular flexibility index (Phi) is 6.37. The molecule has 1 aliphatic carbocycles. The van der Waals surface area contributed by atoms with Gasteiger partial charge in [-0.25, -0.2) is 10.9 Å². The van der Waals surface area contributed by atoms with Gasteiger partial charge in [0.25, 0.3) is 5.91 Å². The summed E-state index contributed by atoms with van der Waals surface area (Å²) in [5, 5.41) is 11.2. The van der Waals surface area contributed by atoms with Gasteiger partial charge in [0.05, 0.1) is 5.69 Å². The molecule has 0 aliphatic heterocycles. The summed E-state index contributed by atoms with van der Waals surface area (Å²) in [6.45, 7) is 0. The second-order valence-corrected chi connectivity index (χ2v) is 6.95. The Hall–Kier alpha value is -0.950. The molecule has 22 heavy (non-hydrogen) atoms. The summed E-state index contributed by atoms with van der Waals surface area (Å²) in [5.74, 6) is 5.75. The number of amides is 1. The van der Waals surface area contributed by atoms with E-state index in [9.17, 15) is 9.90 Å². The van der Waals surface area contributed by atoms with Crippen molar-refractivity contribution in [3.05, 3.63) is 28.7 Å². The number of nitrogens with two attached hydrogens (primary N) is 2. The fourth-order valence-corrected chi connectivity index (χ4v) is 3.26. The zero-order valence-electron chi connectivity index (χ0n) is 12.6. The number of carbonyl (C=O) groups is 1. The zero-order chi connectivity index (χ0) is 16.1. The second kappa shape index (κ2) is 8.06. The van der Waals surface area contributed by atoms with E-state index in [0.29, 0.717) is 18.0 Å². The van der Waals surface area contributed by atoms with Gasteiger partial charge in [-0.05, 0) is 36.6 Å². The van der Waals surface area contributed by atoms with Crippen molar-refractivity contribution >= 4 is 27.5 Å². The minimum absolute atomic E-state index is 0.505. The van der Waals surface area contributed by atoms with Gasteiger partial charge in [-0.2, -0.15) is 0 Å². The lowest BCUT2D eigenvalue weighted by Gasteiger charge is -2.28. The average molecular weight is 370 g/mol. The maximum absolute atomic E-state index is 12.3. The summed E-state index contributed by atoms with van der Waals surface area (Å²) < 4.78 is 0.895. The molecule has 1 aromatic rings. The maximum atomic E-state index is 12.3. The van der Waals surface area contributed by atoms with Crippen LogP contribution in [0.3, 0.4) is 0 Å². The predicted molar refractivity (Wildman–Crippen MR) is 91.0 cm³/mol. The molecule has 0 spiro atoms. The third-order valence-corrected chi connectivity index (χ3v) is 4.86. The number of hydrogen-bond donors (Lipinski definition) is 3. The van der Waals surface area contributed by atoms with Crippen LogP contribution in [-0.4, -0.2) is 23.2 Å². The fourth-order valence-electron chi connectivity index (χ4n) is 2.99. The van der Waals surface area contributed by atoms with Crippen molar-refractivity contribution in [2.75, 3.05) is 5.01 Å². The minimum Gasteiger partial charge on any atom is -0.382 e. The number of aliphatic hydroxyl groups is 1. The molecular formula is C16H24BrN3O2. The third kappa shape index (κ3) is 4.52. The molecule has 1 amide bonds. The van der Waals surface area contributed by atoms with Crippen LogP contribution in [-0.2, 0) is 4.79 Å². The molecule has 2 atom stereocenters. The molecule has 1 aromatic carbocycles. The van der Waals surface area contributed by atoms with E-state index in [1.807, 2.05) is 0 Å². The van der Waals surface area contributed by atoms with Crippen LogP contribution in [0.5, 0.6) is 0 Å². The number of hydrazine groups is 1. The van der Waals surface area contributed by atoms with Gasteiger partial charge in [0.1, 0.15) is 6.10 Å². The van der Waals surface area contributed by atoms with E-state index in [2.05, 4.69) is 15.9 Å². The van der Waals surface area contributed by atoms with Crippen LogP contribution < -0.4 is 16.6 Å². The van der Waals surface area contributed by atoms with Gasteiger partial charge in [0.2, 0.25) is 0 Å². The molecule has 5 nitrogen and oxygen atoms in total. The summed E-state index contributed by atoms with van der Waals surface area (Å²) in [7, 11) is 0. The zero-order valence-corrected chi connectivity index (χ0v) is 14.2. The molecule has 1 saturated carbocycles. The first-order valence-corrected chi connectivity index (χ1v) is 8.56. The number of nitrogens with zero attached hydrogens (tertiary/aromatic N) is 1. The summed E-state index contributed by atoms with van der Waals surface area (Å²) in [6, 6.07) is 6.42. The number of carbonyl (C=O) groups excluding carboxylic acids is 1. The number of aliphatic hydroxyl groups excluding tert-OH is 1. The topological polar surface area (TPSA) is 92.6 Å². The highest BCUT2D eigenvalue weighted by Crippen LogP contribution is 2.27. The Morgan fingerprint density at radius 2 is 1.86 bits per heavy atom. The fraction of sp³-hybridized carbons (Fsp3) is 0.562. The van der Waals surface area contributed by atoms with E-state index in [1.165, 1.54) is 19.3 Å². The van der Waals surface area contributed by atoms with Gasteiger partial charge in [0, 0.05) is 10.5 Å². The molecule has 0 aromatic heterocycles. The highest BCUT2D eigenvalue weighted by Gasteiger charge is 2.29. The monoisotopic (exact) mass is 369 g/mol. The SMILES string of the molecule is N[C@H](CC1CCCCC1)C(O)C(=O)N(N)c1ccc(Br)cc1. The van der Waals surface area contributed by atoms with Crippen LogP contribution in [0.15, 0.2) is 28.7 Å². The lowest BCUT2D eigenvalue weighted by Crippen LogP contribution is -2.51. The van der Waals surface area contributed by atoms with Crippen molar-refractivity contribution in [2.45, 2.75) is 50.7 Å².